The lowest BCUT2D eigenvalue weighted by Gasteiger charge is -2.64. The van der Waals surface area contributed by atoms with Gasteiger partial charge in [0, 0.05) is 35.4 Å². The number of carbonyl (C=O) groups excluding carboxylic acids is 4. The molecule has 76 heavy (non-hydrogen) atoms. The molecule has 0 radical (unpaired) electrons. The number of benzene rings is 2. The van der Waals surface area contributed by atoms with E-state index >= 15 is 9.59 Å². The predicted octanol–water partition coefficient (Wildman–Crippen LogP) is 8.36. The molecule has 7 fully saturated rings. The molecular weight excluding hydrogens is 975 g/mol. The van der Waals surface area contributed by atoms with Crippen molar-refractivity contribution in [2.45, 2.75) is 186 Å². The maximum Gasteiger partial charge on any atom is 0.343 e. The minimum atomic E-state index is -1.69. The zero-order valence-corrected chi connectivity index (χ0v) is 45.8. The number of aliphatic hydroxyl groups excluding tert-OH is 2. The van der Waals surface area contributed by atoms with E-state index in [0.29, 0.717) is 48.4 Å². The number of fused-ring (bicyclic) bond motifs is 3. The minimum absolute atomic E-state index is 0.0192. The third-order valence-electron chi connectivity index (χ3n) is 17.2. The maximum atomic E-state index is 16.7. The molecule has 6 heterocycles. The van der Waals surface area contributed by atoms with E-state index in [-0.39, 0.29) is 59.4 Å². The lowest BCUT2D eigenvalue weighted by atomic mass is 9.44. The number of esters is 2. The second kappa shape index (κ2) is 19.9. The summed E-state index contributed by atoms with van der Waals surface area (Å²) in [6.07, 6.45) is 8.95. The first-order valence-corrected chi connectivity index (χ1v) is 27.1. The standard InChI is InChI=1S/C60H75NO15/c1-32(2)16-15-25-58(10)26-24-38-48(74-58)37(22-17-33(3)4)50-42(49(38)72-54(67)35-18-20-36(21-19-35)70-55-47(64)46(63)51-40(71-55)31-69-57(8,9)73-51)45(62)43-44(61-28-13-12-14-29-61)39-30-41-56(6,7)76-59(52(39)65,60(41,43)75-50)27-23-34(5)53(66)68-11/h16-21,23-24,26,39-41,43-44,46-47,51,55,63-64H,12-15,22,25,27-31H2,1-11H3/b34-23-/t39?,40-,41?,43?,44?,46+,47-,51-,55-,58?,59?,60?/m1/s1. The fourth-order valence-electron chi connectivity index (χ4n) is 13.6. The molecule has 4 saturated heterocycles. The Balaban J connectivity index is 1.11. The number of likely N-dealkylation sites (tertiary alicyclic amines) is 1. The van der Waals surface area contributed by atoms with Crippen LogP contribution in [0.4, 0.5) is 0 Å². The SMILES string of the molecule is COC(=O)/C(C)=C\CC12OC(C)(C)C3CC(C1=O)C(N1CCCCC1)C1C(=O)c4c(OC(=O)c5ccc(O[C@@H]6O[C@@H]7COC(C)(C)O[C@H]7[C@@H](O)[C@H]6O)cc5)c5c(c(CC=C(C)C)c4OC132)OC(C)(CCC=C(C)C)C=C5. The van der Waals surface area contributed by atoms with Crippen LogP contribution in [0.3, 0.4) is 0 Å². The Hall–Kier alpha value is -5.20. The van der Waals surface area contributed by atoms with Crippen molar-refractivity contribution in [2.75, 3.05) is 26.8 Å². The average molecular weight is 1050 g/mol. The van der Waals surface area contributed by atoms with Gasteiger partial charge in [-0.25, -0.2) is 9.59 Å². The van der Waals surface area contributed by atoms with E-state index in [4.69, 9.17) is 42.6 Å². The summed E-state index contributed by atoms with van der Waals surface area (Å²) in [6.45, 7) is 20.6. The second-order valence-corrected chi connectivity index (χ2v) is 23.9. The highest BCUT2D eigenvalue weighted by molar-refractivity contribution is 6.11. The van der Waals surface area contributed by atoms with Gasteiger partial charge in [0.25, 0.3) is 0 Å². The smallest absolute Gasteiger partial charge is 0.343 e. The van der Waals surface area contributed by atoms with Gasteiger partial charge in [0.15, 0.2) is 34.3 Å². The molecule has 2 aromatic carbocycles. The summed E-state index contributed by atoms with van der Waals surface area (Å²) < 4.78 is 57.6. The Morgan fingerprint density at radius 1 is 0.882 bits per heavy atom. The first kappa shape index (κ1) is 54.2. The Morgan fingerprint density at radius 3 is 2.28 bits per heavy atom. The van der Waals surface area contributed by atoms with Gasteiger partial charge in [0.1, 0.15) is 52.8 Å². The van der Waals surface area contributed by atoms with Crippen LogP contribution in [0, 0.1) is 17.8 Å². The molecule has 410 valence electrons. The second-order valence-electron chi connectivity index (χ2n) is 23.9. The summed E-state index contributed by atoms with van der Waals surface area (Å²) in [4.78, 5) is 62.5. The first-order chi connectivity index (χ1) is 35.9. The van der Waals surface area contributed by atoms with Gasteiger partial charge in [-0.3, -0.25) is 14.5 Å². The van der Waals surface area contributed by atoms with Gasteiger partial charge >= 0.3 is 11.9 Å². The third kappa shape index (κ3) is 9.06. The van der Waals surface area contributed by atoms with Crippen LogP contribution >= 0.6 is 0 Å². The molecule has 9 aliphatic rings. The highest BCUT2D eigenvalue weighted by Crippen LogP contribution is 2.71. The summed E-state index contributed by atoms with van der Waals surface area (Å²) in [5.74, 6) is -3.99. The van der Waals surface area contributed by atoms with Crippen LogP contribution in [0.2, 0.25) is 0 Å². The van der Waals surface area contributed by atoms with Gasteiger partial charge in [-0.1, -0.05) is 35.8 Å². The number of nitrogens with zero attached hydrogens (tertiary/aromatic N) is 1. The van der Waals surface area contributed by atoms with Crippen molar-refractivity contribution < 1.29 is 72.0 Å². The number of Topliss-reactive ketones (excluding diaryl/α,β-unsaturated/α-hetero) is 2. The van der Waals surface area contributed by atoms with E-state index in [1.807, 2.05) is 52.8 Å². The van der Waals surface area contributed by atoms with Crippen LogP contribution in [0.25, 0.3) is 6.08 Å². The lowest BCUT2D eigenvalue weighted by molar-refractivity contribution is -0.373. The van der Waals surface area contributed by atoms with Crippen molar-refractivity contribution in [3.8, 4) is 23.0 Å². The van der Waals surface area contributed by atoms with Gasteiger partial charge in [-0.05, 0) is 157 Å². The van der Waals surface area contributed by atoms with E-state index in [1.54, 1.807) is 26.8 Å². The Kier molecular flexibility index (Phi) is 14.2. The number of rotatable bonds is 13. The molecule has 16 heteroatoms. The van der Waals surface area contributed by atoms with E-state index in [9.17, 15) is 19.8 Å². The quantitative estimate of drug-likeness (QED) is 0.0840. The van der Waals surface area contributed by atoms with Gasteiger partial charge < -0.3 is 52.8 Å². The fourth-order valence-corrected chi connectivity index (χ4v) is 13.6. The van der Waals surface area contributed by atoms with Crippen LogP contribution in [0.1, 0.15) is 146 Å². The minimum Gasteiger partial charge on any atom is -0.482 e. The van der Waals surface area contributed by atoms with Gasteiger partial charge in [0.2, 0.25) is 6.29 Å². The zero-order chi connectivity index (χ0) is 54.4. The summed E-state index contributed by atoms with van der Waals surface area (Å²) in [7, 11) is 1.31. The molecule has 2 N–H and O–H groups in total. The van der Waals surface area contributed by atoms with Crippen molar-refractivity contribution >= 4 is 29.6 Å². The third-order valence-corrected chi connectivity index (χ3v) is 17.2. The van der Waals surface area contributed by atoms with Gasteiger partial charge in [-0.15, -0.1) is 0 Å². The number of carbonyl (C=O) groups is 4. The number of piperidine rings is 1. The van der Waals surface area contributed by atoms with Crippen molar-refractivity contribution in [2.24, 2.45) is 17.8 Å². The summed E-state index contributed by atoms with van der Waals surface area (Å²) in [6, 6.07) is 5.52. The van der Waals surface area contributed by atoms with Crippen molar-refractivity contribution in [3.63, 3.8) is 0 Å². The maximum absolute atomic E-state index is 16.7. The number of ether oxygens (including phenoxy) is 9. The van der Waals surface area contributed by atoms with E-state index in [0.717, 1.165) is 31.3 Å². The van der Waals surface area contributed by atoms with Crippen LogP contribution in [-0.4, -0.2) is 130 Å². The number of ketones is 2. The number of hydrogen-bond acceptors (Lipinski definition) is 16. The Morgan fingerprint density at radius 2 is 1.59 bits per heavy atom. The molecule has 6 aliphatic heterocycles. The largest absolute Gasteiger partial charge is 0.482 e. The first-order valence-electron chi connectivity index (χ1n) is 27.1. The summed E-state index contributed by atoms with van der Waals surface area (Å²) in [5, 5.41) is 22.1. The van der Waals surface area contributed by atoms with E-state index in [2.05, 4.69) is 24.8 Å². The predicted molar refractivity (Wildman–Crippen MR) is 279 cm³/mol. The van der Waals surface area contributed by atoms with Crippen molar-refractivity contribution in [1.29, 1.82) is 0 Å². The highest BCUT2D eigenvalue weighted by Gasteiger charge is 2.86. The highest BCUT2D eigenvalue weighted by atomic mass is 16.8. The average Bonchev–Trinajstić information content (AvgIpc) is 2.62. The zero-order valence-electron chi connectivity index (χ0n) is 45.8. The molecule has 3 aliphatic carbocycles. The van der Waals surface area contributed by atoms with Crippen LogP contribution < -0.4 is 18.9 Å². The molecule has 1 spiro atoms. The normalized spacial score (nSPS) is 34.6. The van der Waals surface area contributed by atoms with E-state index in [1.165, 1.54) is 36.9 Å². The number of hydrogen-bond donors (Lipinski definition) is 2. The monoisotopic (exact) mass is 1050 g/mol. The lowest BCUT2D eigenvalue weighted by Crippen LogP contribution is -2.82. The van der Waals surface area contributed by atoms with E-state index < -0.39 is 94.6 Å². The molecule has 4 bridgehead atoms. The fraction of sp³-hybridized carbons (Fsp3) is 0.600. The molecule has 7 unspecified atom stereocenters. The molecule has 3 saturated carbocycles. The molecule has 0 amide bonds. The molecule has 2 aromatic rings. The molecular formula is C60H75NO15. The van der Waals surface area contributed by atoms with Crippen molar-refractivity contribution in [3.05, 3.63) is 87.5 Å². The summed E-state index contributed by atoms with van der Waals surface area (Å²) >= 11 is 0. The van der Waals surface area contributed by atoms with Crippen molar-refractivity contribution in [1.82, 2.24) is 4.90 Å². The Labute approximate surface area is 445 Å². The molecule has 0 aromatic heterocycles. The van der Waals surface area contributed by atoms with Gasteiger partial charge in [-0.2, -0.15) is 0 Å². The van der Waals surface area contributed by atoms with Gasteiger partial charge in [0.05, 0.1) is 36.4 Å². The molecule has 12 atom stereocenters. The Bertz CT molecular complexity index is 2790. The number of allylic oxidation sites excluding steroid dienone is 4. The van der Waals surface area contributed by atoms with Crippen LogP contribution in [-0.2, 0) is 39.7 Å². The topological polar surface area (TPSA) is 195 Å². The molecule has 11 rings (SSSR count). The molecule has 16 nitrogen and oxygen atoms in total. The number of aliphatic hydroxyl groups is 2. The van der Waals surface area contributed by atoms with Crippen LogP contribution in [0.15, 0.2) is 65.3 Å². The number of methoxy groups -OCH3 is 1. The van der Waals surface area contributed by atoms with Crippen LogP contribution in [0.5, 0.6) is 23.0 Å². The summed E-state index contributed by atoms with van der Waals surface area (Å²) in [5.41, 5.74) is -1.37.